The van der Waals surface area contributed by atoms with Crippen LogP contribution in [0.5, 0.6) is 0 Å². The summed E-state index contributed by atoms with van der Waals surface area (Å²) in [6.45, 7) is 0.659. The minimum atomic E-state index is -0.483. The molecule has 5 nitrogen and oxygen atoms in total. The van der Waals surface area contributed by atoms with Gasteiger partial charge in [-0.1, -0.05) is 0 Å². The number of hydrogen-bond donors (Lipinski definition) is 2. The van der Waals surface area contributed by atoms with Gasteiger partial charge in [-0.2, -0.15) is 0 Å². The highest BCUT2D eigenvalue weighted by Crippen LogP contribution is 2.23. The van der Waals surface area contributed by atoms with Gasteiger partial charge in [-0.25, -0.2) is 0 Å². The molecule has 19 heavy (non-hydrogen) atoms. The molecule has 0 bridgehead atoms. The number of carbonyl (C=O) groups is 1. The maximum Gasteiger partial charge on any atom is 0.250 e. The quantitative estimate of drug-likeness (QED) is 0.810. The van der Waals surface area contributed by atoms with Crippen LogP contribution in [0, 0.1) is 0 Å². The van der Waals surface area contributed by atoms with Crippen LogP contribution in [-0.4, -0.2) is 17.9 Å². The third-order valence-corrected chi connectivity index (χ3v) is 2.87. The molecule has 0 radical (unpaired) electrons. The van der Waals surface area contributed by atoms with Crippen molar-refractivity contribution in [1.82, 2.24) is 4.98 Å². The van der Waals surface area contributed by atoms with E-state index in [1.807, 2.05) is 24.1 Å². The number of primary amides is 1. The van der Waals surface area contributed by atoms with Crippen LogP contribution >= 0.6 is 0 Å². The molecule has 0 fully saturated rings. The highest BCUT2D eigenvalue weighted by Gasteiger charge is 2.12. The Hall–Kier alpha value is -2.56. The molecule has 0 aliphatic heterocycles. The van der Waals surface area contributed by atoms with E-state index >= 15 is 0 Å². The van der Waals surface area contributed by atoms with Crippen molar-refractivity contribution in [2.24, 2.45) is 5.73 Å². The van der Waals surface area contributed by atoms with Crippen molar-refractivity contribution in [2.75, 3.05) is 17.7 Å². The second-order valence-electron chi connectivity index (χ2n) is 4.35. The number of aromatic nitrogens is 1. The van der Waals surface area contributed by atoms with Crippen LogP contribution in [0.15, 0.2) is 42.7 Å². The number of nitrogen functional groups attached to an aromatic ring is 1. The average molecular weight is 256 g/mol. The minimum absolute atomic E-state index is 0.427. The summed E-state index contributed by atoms with van der Waals surface area (Å²) in [5, 5.41) is 0. The lowest BCUT2D eigenvalue weighted by molar-refractivity contribution is 0.100. The third kappa shape index (κ3) is 3.01. The maximum atomic E-state index is 11.5. The first-order valence-electron chi connectivity index (χ1n) is 5.87. The van der Waals surface area contributed by atoms with Gasteiger partial charge in [0, 0.05) is 37.4 Å². The van der Waals surface area contributed by atoms with Crippen molar-refractivity contribution in [3.8, 4) is 0 Å². The fraction of sp³-hybridized carbons (Fsp3) is 0.143. The van der Waals surface area contributed by atoms with Gasteiger partial charge in [-0.05, 0) is 35.9 Å². The normalized spacial score (nSPS) is 10.2. The fourth-order valence-corrected chi connectivity index (χ4v) is 1.93. The molecule has 4 N–H and O–H groups in total. The van der Waals surface area contributed by atoms with E-state index in [4.69, 9.17) is 11.5 Å². The zero-order valence-corrected chi connectivity index (χ0v) is 10.7. The standard InChI is InChI=1S/C14H16N4O/c1-18(9-10-4-6-17-7-5-10)13-3-2-11(15)8-12(13)14(16)19/h2-8H,9,15H2,1H3,(H2,16,19). The monoisotopic (exact) mass is 256 g/mol. The second-order valence-corrected chi connectivity index (χ2v) is 4.35. The zero-order chi connectivity index (χ0) is 13.8. The topological polar surface area (TPSA) is 85.2 Å². The lowest BCUT2D eigenvalue weighted by Gasteiger charge is -2.21. The lowest BCUT2D eigenvalue weighted by atomic mass is 10.1. The second kappa shape index (κ2) is 5.39. The van der Waals surface area contributed by atoms with E-state index in [9.17, 15) is 4.79 Å². The number of hydrogen-bond acceptors (Lipinski definition) is 4. The van der Waals surface area contributed by atoms with Crippen molar-refractivity contribution >= 4 is 17.3 Å². The summed E-state index contributed by atoms with van der Waals surface area (Å²) in [5.74, 6) is -0.483. The molecule has 0 unspecified atom stereocenters. The Kier molecular flexibility index (Phi) is 3.66. The van der Waals surface area contributed by atoms with Gasteiger partial charge in [-0.15, -0.1) is 0 Å². The molecule has 1 aromatic carbocycles. The number of benzene rings is 1. The van der Waals surface area contributed by atoms with Crippen molar-refractivity contribution in [1.29, 1.82) is 0 Å². The molecule has 98 valence electrons. The van der Waals surface area contributed by atoms with Gasteiger partial charge in [0.2, 0.25) is 0 Å². The molecule has 0 aliphatic carbocycles. The minimum Gasteiger partial charge on any atom is -0.399 e. The van der Waals surface area contributed by atoms with E-state index in [2.05, 4.69) is 4.98 Å². The molecule has 0 saturated carbocycles. The Balaban J connectivity index is 2.28. The van der Waals surface area contributed by atoms with Gasteiger partial charge in [-0.3, -0.25) is 9.78 Å². The van der Waals surface area contributed by atoms with Gasteiger partial charge in [0.05, 0.1) is 5.56 Å². The summed E-state index contributed by atoms with van der Waals surface area (Å²) in [7, 11) is 1.90. The molecule has 0 spiro atoms. The number of nitrogens with zero attached hydrogens (tertiary/aromatic N) is 2. The third-order valence-electron chi connectivity index (χ3n) is 2.87. The number of rotatable bonds is 4. The highest BCUT2D eigenvalue weighted by atomic mass is 16.1. The largest absolute Gasteiger partial charge is 0.399 e. The highest BCUT2D eigenvalue weighted by molar-refractivity contribution is 5.99. The van der Waals surface area contributed by atoms with E-state index < -0.39 is 5.91 Å². The number of amides is 1. The van der Waals surface area contributed by atoms with Gasteiger partial charge in [0.1, 0.15) is 0 Å². The van der Waals surface area contributed by atoms with E-state index in [0.717, 1.165) is 11.3 Å². The summed E-state index contributed by atoms with van der Waals surface area (Å²) in [5.41, 5.74) is 13.9. The van der Waals surface area contributed by atoms with Crippen LogP contribution in [0.1, 0.15) is 15.9 Å². The van der Waals surface area contributed by atoms with E-state index in [1.165, 1.54) is 0 Å². The Bertz CT molecular complexity index is 583. The molecule has 1 aromatic heterocycles. The van der Waals surface area contributed by atoms with Crippen LogP contribution in [-0.2, 0) is 6.54 Å². The van der Waals surface area contributed by atoms with Crippen LogP contribution in [0.4, 0.5) is 11.4 Å². The van der Waals surface area contributed by atoms with Crippen LogP contribution < -0.4 is 16.4 Å². The summed E-state index contributed by atoms with van der Waals surface area (Å²) < 4.78 is 0. The van der Waals surface area contributed by atoms with Gasteiger partial charge >= 0.3 is 0 Å². The lowest BCUT2D eigenvalue weighted by Crippen LogP contribution is -2.22. The first-order chi connectivity index (χ1) is 9.08. The smallest absolute Gasteiger partial charge is 0.250 e. The number of pyridine rings is 1. The Morgan fingerprint density at radius 3 is 2.58 bits per heavy atom. The predicted molar refractivity (Wildman–Crippen MR) is 75.7 cm³/mol. The molecule has 5 heteroatoms. The summed E-state index contributed by atoms with van der Waals surface area (Å²) in [4.78, 5) is 17.4. The number of anilines is 2. The molecular formula is C14H16N4O. The maximum absolute atomic E-state index is 11.5. The Labute approximate surface area is 111 Å². The van der Waals surface area contributed by atoms with E-state index in [1.54, 1.807) is 30.6 Å². The van der Waals surface area contributed by atoms with Crippen molar-refractivity contribution in [2.45, 2.75) is 6.54 Å². The first-order valence-corrected chi connectivity index (χ1v) is 5.87. The van der Waals surface area contributed by atoms with Crippen LogP contribution in [0.3, 0.4) is 0 Å². The number of nitrogens with two attached hydrogens (primary N) is 2. The van der Waals surface area contributed by atoms with Crippen molar-refractivity contribution in [3.63, 3.8) is 0 Å². The average Bonchev–Trinajstić information content (AvgIpc) is 2.39. The van der Waals surface area contributed by atoms with Crippen LogP contribution in [0.25, 0.3) is 0 Å². The molecule has 0 saturated heterocycles. The molecular weight excluding hydrogens is 240 g/mol. The van der Waals surface area contributed by atoms with Crippen molar-refractivity contribution in [3.05, 3.63) is 53.9 Å². The Morgan fingerprint density at radius 2 is 1.95 bits per heavy atom. The van der Waals surface area contributed by atoms with Crippen molar-refractivity contribution < 1.29 is 4.79 Å². The molecule has 2 aromatic rings. The summed E-state index contributed by atoms with van der Waals surface area (Å²) in [6, 6.07) is 9.01. The van der Waals surface area contributed by atoms with E-state index in [0.29, 0.717) is 17.8 Å². The molecule has 1 heterocycles. The van der Waals surface area contributed by atoms with Gasteiger partial charge < -0.3 is 16.4 Å². The zero-order valence-electron chi connectivity index (χ0n) is 10.7. The molecule has 1 amide bonds. The molecule has 2 rings (SSSR count). The number of carbonyl (C=O) groups excluding carboxylic acids is 1. The predicted octanol–water partition coefficient (Wildman–Crippen LogP) is 1.40. The van der Waals surface area contributed by atoms with E-state index in [-0.39, 0.29) is 0 Å². The van der Waals surface area contributed by atoms with Gasteiger partial charge in [0.25, 0.3) is 5.91 Å². The fourth-order valence-electron chi connectivity index (χ4n) is 1.93. The SMILES string of the molecule is CN(Cc1ccncc1)c1ccc(N)cc1C(N)=O. The van der Waals surface area contributed by atoms with Gasteiger partial charge in [0.15, 0.2) is 0 Å². The first kappa shape index (κ1) is 12.9. The van der Waals surface area contributed by atoms with Crippen LogP contribution in [0.2, 0.25) is 0 Å². The Morgan fingerprint density at radius 1 is 1.26 bits per heavy atom. The molecule has 0 aliphatic rings. The summed E-state index contributed by atoms with van der Waals surface area (Å²) in [6.07, 6.45) is 3.47. The molecule has 0 atom stereocenters. The summed E-state index contributed by atoms with van der Waals surface area (Å²) >= 11 is 0.